The molecule has 0 aromatic carbocycles. The van der Waals surface area contributed by atoms with E-state index in [1.807, 2.05) is 0 Å². The standard InChI is InChI=1S/C18H22N2O7/c1-17(2,3)27-16(25)19-9-18(10-19)6-11(8-26-18)20-5-4-12(15(23)24)13(7-21)14(20)22/h4-5,7,11H,6,8-10H2,1-3H3,(H,23,24)/t11-/m1/s1. The molecule has 0 radical (unpaired) electrons. The number of aromatic nitrogens is 1. The number of nitrogens with zero attached hydrogens (tertiary/aromatic N) is 2. The SMILES string of the molecule is CC(C)(C)OC(=O)N1CC2(C[C@@H](n3ccc(C(=O)O)c(C=O)c3=O)CO2)C1. The summed E-state index contributed by atoms with van der Waals surface area (Å²) in [5.74, 6) is -1.33. The maximum Gasteiger partial charge on any atom is 0.410 e. The van der Waals surface area contributed by atoms with Crippen LogP contribution in [0.15, 0.2) is 17.1 Å². The summed E-state index contributed by atoms with van der Waals surface area (Å²) < 4.78 is 12.5. The number of carboxylic acids is 1. The van der Waals surface area contributed by atoms with E-state index in [-0.39, 0.29) is 30.1 Å². The van der Waals surface area contributed by atoms with Gasteiger partial charge in [0.1, 0.15) is 11.2 Å². The second kappa shape index (κ2) is 6.49. The number of likely N-dealkylation sites (tertiary alicyclic amines) is 1. The summed E-state index contributed by atoms with van der Waals surface area (Å²) in [5.41, 5.74) is -2.48. The first kappa shape index (κ1) is 19.1. The highest BCUT2D eigenvalue weighted by Gasteiger charge is 2.52. The van der Waals surface area contributed by atoms with Gasteiger partial charge in [-0.15, -0.1) is 0 Å². The van der Waals surface area contributed by atoms with Crippen LogP contribution in [-0.4, -0.2) is 63.8 Å². The zero-order valence-electron chi connectivity index (χ0n) is 15.4. The minimum atomic E-state index is -1.33. The molecule has 3 rings (SSSR count). The minimum Gasteiger partial charge on any atom is -0.478 e. The first-order valence-corrected chi connectivity index (χ1v) is 8.61. The number of amides is 1. The molecular formula is C18H22N2O7. The molecule has 9 heteroatoms. The molecule has 1 atom stereocenters. The fraction of sp³-hybridized carbons (Fsp3) is 0.556. The number of ether oxygens (including phenoxy) is 2. The average Bonchev–Trinajstić information content (AvgIpc) is 2.96. The Morgan fingerprint density at radius 3 is 2.59 bits per heavy atom. The largest absolute Gasteiger partial charge is 0.478 e. The van der Waals surface area contributed by atoms with Crippen molar-refractivity contribution >= 4 is 18.3 Å². The van der Waals surface area contributed by atoms with Gasteiger partial charge in [-0.25, -0.2) is 9.59 Å². The highest BCUT2D eigenvalue weighted by molar-refractivity contribution is 5.96. The average molecular weight is 378 g/mol. The summed E-state index contributed by atoms with van der Waals surface area (Å²) in [5, 5.41) is 9.09. The van der Waals surface area contributed by atoms with Gasteiger partial charge in [-0.2, -0.15) is 0 Å². The predicted molar refractivity (Wildman–Crippen MR) is 93.2 cm³/mol. The number of carboxylic acid groups (broad SMARTS) is 1. The number of hydrogen-bond donors (Lipinski definition) is 1. The molecule has 1 spiro atoms. The first-order chi connectivity index (χ1) is 12.6. The highest BCUT2D eigenvalue weighted by atomic mass is 16.6. The van der Waals surface area contributed by atoms with E-state index in [0.29, 0.717) is 19.5 Å². The Kier molecular flexibility index (Phi) is 4.59. The van der Waals surface area contributed by atoms with Gasteiger partial charge >= 0.3 is 12.1 Å². The number of aldehydes is 1. The van der Waals surface area contributed by atoms with E-state index < -0.39 is 28.8 Å². The molecule has 146 valence electrons. The van der Waals surface area contributed by atoms with Crippen molar-refractivity contribution in [3.63, 3.8) is 0 Å². The number of rotatable bonds is 3. The van der Waals surface area contributed by atoms with Crippen LogP contribution in [0.25, 0.3) is 0 Å². The maximum absolute atomic E-state index is 12.5. The Labute approximate surface area is 155 Å². The number of aromatic carboxylic acids is 1. The Hall–Kier alpha value is -2.68. The van der Waals surface area contributed by atoms with Gasteiger partial charge in [-0.1, -0.05) is 0 Å². The van der Waals surface area contributed by atoms with E-state index in [1.165, 1.54) is 16.8 Å². The molecule has 3 heterocycles. The van der Waals surface area contributed by atoms with Gasteiger partial charge < -0.3 is 24.0 Å². The second-order valence-electron chi connectivity index (χ2n) is 7.97. The van der Waals surface area contributed by atoms with Crippen molar-refractivity contribution in [1.82, 2.24) is 9.47 Å². The molecule has 2 aliphatic heterocycles. The number of pyridine rings is 1. The quantitative estimate of drug-likeness (QED) is 0.789. The third-order valence-corrected chi connectivity index (χ3v) is 4.70. The van der Waals surface area contributed by atoms with Gasteiger partial charge in [0.05, 0.1) is 36.9 Å². The van der Waals surface area contributed by atoms with E-state index in [0.717, 1.165) is 0 Å². The molecule has 1 amide bonds. The lowest BCUT2D eigenvalue weighted by Gasteiger charge is -2.46. The summed E-state index contributed by atoms with van der Waals surface area (Å²) in [4.78, 5) is 48.4. The Bertz CT molecular complexity index is 846. The minimum absolute atomic E-state index is 0.243. The van der Waals surface area contributed by atoms with Crippen molar-refractivity contribution in [2.45, 2.75) is 44.4 Å². The fourth-order valence-electron chi connectivity index (χ4n) is 3.48. The van der Waals surface area contributed by atoms with Crippen molar-refractivity contribution in [1.29, 1.82) is 0 Å². The normalized spacial score (nSPS) is 21.0. The highest BCUT2D eigenvalue weighted by Crippen LogP contribution is 2.40. The van der Waals surface area contributed by atoms with E-state index in [4.69, 9.17) is 14.6 Å². The van der Waals surface area contributed by atoms with Crippen molar-refractivity contribution in [3.05, 3.63) is 33.7 Å². The van der Waals surface area contributed by atoms with Crippen LogP contribution in [0.1, 0.15) is 53.9 Å². The monoisotopic (exact) mass is 378 g/mol. The third kappa shape index (κ3) is 3.59. The van der Waals surface area contributed by atoms with Crippen LogP contribution in [0.3, 0.4) is 0 Å². The van der Waals surface area contributed by atoms with Gasteiger partial charge in [-0.3, -0.25) is 9.59 Å². The third-order valence-electron chi connectivity index (χ3n) is 4.70. The zero-order valence-corrected chi connectivity index (χ0v) is 15.4. The van der Waals surface area contributed by atoms with Crippen LogP contribution in [0.5, 0.6) is 0 Å². The molecule has 0 aliphatic carbocycles. The van der Waals surface area contributed by atoms with E-state index >= 15 is 0 Å². The molecule has 2 fully saturated rings. The fourth-order valence-corrected chi connectivity index (χ4v) is 3.48. The second-order valence-corrected chi connectivity index (χ2v) is 7.97. The summed E-state index contributed by atoms with van der Waals surface area (Å²) in [6, 6.07) is 0.909. The van der Waals surface area contributed by atoms with Gasteiger partial charge in [-0.05, 0) is 26.8 Å². The Morgan fingerprint density at radius 2 is 2.04 bits per heavy atom. The lowest BCUT2D eigenvalue weighted by atomic mass is 9.89. The van der Waals surface area contributed by atoms with Crippen LogP contribution in [-0.2, 0) is 9.47 Å². The van der Waals surface area contributed by atoms with Crippen LogP contribution in [0, 0.1) is 0 Å². The first-order valence-electron chi connectivity index (χ1n) is 8.61. The molecule has 1 aromatic heterocycles. The maximum atomic E-state index is 12.5. The van der Waals surface area contributed by atoms with Gasteiger partial charge in [0.25, 0.3) is 5.56 Å². The smallest absolute Gasteiger partial charge is 0.410 e. The lowest BCUT2D eigenvalue weighted by Crippen LogP contribution is -2.63. The number of carbonyl (C=O) groups is 3. The van der Waals surface area contributed by atoms with Crippen LogP contribution in [0.2, 0.25) is 0 Å². The Morgan fingerprint density at radius 1 is 1.37 bits per heavy atom. The van der Waals surface area contributed by atoms with Gasteiger partial charge in [0.15, 0.2) is 6.29 Å². The van der Waals surface area contributed by atoms with Crippen LogP contribution < -0.4 is 5.56 Å². The van der Waals surface area contributed by atoms with Crippen molar-refractivity contribution in [3.8, 4) is 0 Å². The van der Waals surface area contributed by atoms with E-state index in [9.17, 15) is 19.2 Å². The number of carbonyl (C=O) groups excluding carboxylic acids is 2. The van der Waals surface area contributed by atoms with Crippen molar-refractivity contribution in [2.24, 2.45) is 0 Å². The molecule has 1 aromatic rings. The number of hydrogen-bond acceptors (Lipinski definition) is 6. The molecule has 0 bridgehead atoms. The summed E-state index contributed by atoms with van der Waals surface area (Å²) in [6.45, 7) is 6.34. The van der Waals surface area contributed by atoms with E-state index in [1.54, 1.807) is 25.7 Å². The Balaban J connectivity index is 1.71. The topological polar surface area (TPSA) is 115 Å². The summed E-state index contributed by atoms with van der Waals surface area (Å²) in [7, 11) is 0. The molecule has 0 unspecified atom stereocenters. The molecule has 0 saturated carbocycles. The molecular weight excluding hydrogens is 356 g/mol. The van der Waals surface area contributed by atoms with Gasteiger partial charge in [0.2, 0.25) is 0 Å². The molecule has 27 heavy (non-hydrogen) atoms. The van der Waals surface area contributed by atoms with Crippen molar-refractivity contribution < 1.29 is 29.0 Å². The zero-order chi connectivity index (χ0) is 20.0. The van der Waals surface area contributed by atoms with Crippen molar-refractivity contribution in [2.75, 3.05) is 19.7 Å². The molecule has 2 aliphatic rings. The summed E-state index contributed by atoms with van der Waals surface area (Å²) >= 11 is 0. The summed E-state index contributed by atoms with van der Waals surface area (Å²) in [6.07, 6.45) is 1.71. The predicted octanol–water partition coefficient (Wildman–Crippen LogP) is 1.31. The lowest BCUT2D eigenvalue weighted by molar-refractivity contribution is -0.109. The van der Waals surface area contributed by atoms with E-state index in [2.05, 4.69) is 0 Å². The molecule has 9 nitrogen and oxygen atoms in total. The van der Waals surface area contributed by atoms with Crippen LogP contribution >= 0.6 is 0 Å². The molecule has 2 saturated heterocycles. The van der Waals surface area contributed by atoms with Crippen LogP contribution in [0.4, 0.5) is 4.79 Å². The molecule has 1 N–H and O–H groups in total. The van der Waals surface area contributed by atoms with Gasteiger partial charge in [0, 0.05) is 12.6 Å².